The lowest BCUT2D eigenvalue weighted by atomic mass is 9.46. The zero-order chi connectivity index (χ0) is 24.1. The molecule has 0 amide bonds. The predicted molar refractivity (Wildman–Crippen MR) is 135 cm³/mol. The molecule has 0 bridgehead atoms. The molecule has 33 heavy (non-hydrogen) atoms. The molecule has 4 aliphatic carbocycles. The highest BCUT2D eigenvalue weighted by atomic mass is 16.5. The average molecular weight is 459 g/mol. The maximum atomic E-state index is 12.3. The Bertz CT molecular complexity index is 756. The summed E-state index contributed by atoms with van der Waals surface area (Å²) >= 11 is 0. The van der Waals surface area contributed by atoms with E-state index < -0.39 is 0 Å². The second-order valence-electron chi connectivity index (χ2n) is 13.3. The van der Waals surface area contributed by atoms with Crippen LogP contribution in [0.25, 0.3) is 0 Å². The first-order valence-corrected chi connectivity index (χ1v) is 14.0. The minimum Gasteiger partial charge on any atom is -0.462 e. The van der Waals surface area contributed by atoms with Crippen molar-refractivity contribution in [2.24, 2.45) is 52.3 Å². The molecular weight excluding hydrogens is 408 g/mol. The fourth-order valence-corrected chi connectivity index (χ4v) is 8.98. The van der Waals surface area contributed by atoms with E-state index in [1.807, 2.05) is 0 Å². The summed E-state index contributed by atoms with van der Waals surface area (Å²) in [5.41, 5.74) is 1.74. The summed E-state index contributed by atoms with van der Waals surface area (Å²) in [6.07, 6.45) is 12.5. The fourth-order valence-electron chi connectivity index (χ4n) is 8.98. The molecule has 4 rings (SSSR count). The number of fused-ring (bicyclic) bond motifs is 5. The molecule has 0 heterocycles. The highest BCUT2D eigenvalue weighted by molar-refractivity contribution is 5.66. The molecule has 0 aromatic rings. The van der Waals surface area contributed by atoms with Crippen molar-refractivity contribution in [3.63, 3.8) is 0 Å². The molecule has 3 saturated carbocycles. The summed E-state index contributed by atoms with van der Waals surface area (Å²) in [6.45, 7) is 16.1. The first-order chi connectivity index (χ1) is 15.5. The van der Waals surface area contributed by atoms with Gasteiger partial charge >= 0.3 is 5.97 Å². The van der Waals surface area contributed by atoms with Gasteiger partial charge < -0.3 is 9.84 Å². The molecule has 3 nitrogen and oxygen atoms in total. The van der Waals surface area contributed by atoms with E-state index in [1.54, 1.807) is 6.92 Å². The van der Waals surface area contributed by atoms with E-state index in [-0.39, 0.29) is 29.0 Å². The topological polar surface area (TPSA) is 46.5 Å². The average Bonchev–Trinajstić information content (AvgIpc) is 3.11. The number of ether oxygens (including phenoxy) is 1. The van der Waals surface area contributed by atoms with E-state index in [0.29, 0.717) is 29.6 Å². The molecular formula is C30H50O3. The number of aliphatic hydroxyl groups excluding tert-OH is 1. The third-order valence-corrected chi connectivity index (χ3v) is 11.4. The molecule has 0 spiro atoms. The Kier molecular flexibility index (Phi) is 7.14. The normalized spacial score (nSPS) is 44.3. The van der Waals surface area contributed by atoms with Gasteiger partial charge in [-0.05, 0) is 91.8 Å². The van der Waals surface area contributed by atoms with Crippen molar-refractivity contribution in [2.45, 2.75) is 118 Å². The van der Waals surface area contributed by atoms with Crippen molar-refractivity contribution in [2.75, 3.05) is 0 Å². The van der Waals surface area contributed by atoms with Crippen molar-refractivity contribution < 1.29 is 14.6 Å². The monoisotopic (exact) mass is 458 g/mol. The van der Waals surface area contributed by atoms with Crippen LogP contribution in [0.1, 0.15) is 106 Å². The van der Waals surface area contributed by atoms with Gasteiger partial charge in [-0.1, -0.05) is 66.0 Å². The zero-order valence-electron chi connectivity index (χ0n) is 22.4. The van der Waals surface area contributed by atoms with Crippen molar-refractivity contribution in [3.8, 4) is 0 Å². The summed E-state index contributed by atoms with van der Waals surface area (Å²) in [6, 6.07) is 0. The van der Waals surface area contributed by atoms with Crippen LogP contribution in [-0.4, -0.2) is 23.3 Å². The zero-order valence-corrected chi connectivity index (χ0v) is 22.4. The molecule has 3 heteroatoms. The number of carbonyl (C=O) groups excluding carboxylic acids is 1. The third kappa shape index (κ3) is 4.34. The van der Waals surface area contributed by atoms with Crippen LogP contribution in [0.5, 0.6) is 0 Å². The number of aliphatic hydroxyl groups is 1. The number of hydrogen-bond donors (Lipinski definition) is 1. The Balaban J connectivity index is 1.62. The second kappa shape index (κ2) is 9.32. The summed E-state index contributed by atoms with van der Waals surface area (Å²) in [5.74, 6) is 4.61. The van der Waals surface area contributed by atoms with Crippen LogP contribution in [0.2, 0.25) is 0 Å². The maximum Gasteiger partial charge on any atom is 0.302 e. The van der Waals surface area contributed by atoms with E-state index >= 15 is 0 Å². The lowest BCUT2D eigenvalue weighted by Crippen LogP contribution is -2.57. The van der Waals surface area contributed by atoms with Gasteiger partial charge in [-0.3, -0.25) is 4.79 Å². The van der Waals surface area contributed by atoms with Crippen molar-refractivity contribution in [1.29, 1.82) is 0 Å². The Morgan fingerprint density at radius 2 is 1.85 bits per heavy atom. The Morgan fingerprint density at radius 3 is 2.52 bits per heavy atom. The van der Waals surface area contributed by atoms with Crippen LogP contribution in [-0.2, 0) is 9.53 Å². The predicted octanol–water partition coefficient (Wildman–Crippen LogP) is 7.18. The minimum atomic E-state index is -0.177. The smallest absolute Gasteiger partial charge is 0.302 e. The molecule has 10 unspecified atom stereocenters. The van der Waals surface area contributed by atoms with Crippen LogP contribution >= 0.6 is 0 Å². The van der Waals surface area contributed by atoms with Gasteiger partial charge in [0.05, 0.1) is 6.10 Å². The molecule has 3 fully saturated rings. The molecule has 0 radical (unpaired) electrons. The molecule has 10 atom stereocenters. The van der Waals surface area contributed by atoms with E-state index in [2.05, 4.69) is 47.6 Å². The summed E-state index contributed by atoms with van der Waals surface area (Å²) in [5, 5.41) is 10.3. The lowest BCUT2D eigenvalue weighted by molar-refractivity contribution is -0.180. The van der Waals surface area contributed by atoms with Crippen LogP contribution in [0.15, 0.2) is 11.6 Å². The molecule has 0 aromatic heterocycles. The first-order valence-electron chi connectivity index (χ1n) is 14.0. The number of hydrogen-bond acceptors (Lipinski definition) is 3. The van der Waals surface area contributed by atoms with Crippen LogP contribution in [0, 0.1) is 52.3 Å². The molecule has 0 aliphatic heterocycles. The molecule has 0 aromatic carbocycles. The first kappa shape index (κ1) is 25.3. The number of allylic oxidation sites excluding steroid dienone is 1. The highest BCUT2D eigenvalue weighted by Crippen LogP contribution is 2.68. The molecule has 4 aliphatic rings. The second-order valence-corrected chi connectivity index (χ2v) is 13.3. The highest BCUT2D eigenvalue weighted by Gasteiger charge is 2.63. The lowest BCUT2D eigenvalue weighted by Gasteiger charge is -2.60. The summed E-state index contributed by atoms with van der Waals surface area (Å²) in [4.78, 5) is 12.3. The van der Waals surface area contributed by atoms with Gasteiger partial charge in [0.1, 0.15) is 6.10 Å². The van der Waals surface area contributed by atoms with Gasteiger partial charge in [0.25, 0.3) is 0 Å². The molecule has 0 saturated heterocycles. The van der Waals surface area contributed by atoms with E-state index in [0.717, 1.165) is 43.9 Å². The Labute approximate surface area is 203 Å². The quantitative estimate of drug-likeness (QED) is 0.339. The minimum absolute atomic E-state index is 0.0294. The van der Waals surface area contributed by atoms with Gasteiger partial charge in [0.2, 0.25) is 0 Å². The van der Waals surface area contributed by atoms with Crippen LogP contribution in [0.4, 0.5) is 0 Å². The maximum absolute atomic E-state index is 12.3. The number of carbonyl (C=O) groups is 1. The van der Waals surface area contributed by atoms with Crippen molar-refractivity contribution in [3.05, 3.63) is 11.6 Å². The van der Waals surface area contributed by atoms with E-state index in [1.165, 1.54) is 31.3 Å². The summed E-state index contributed by atoms with van der Waals surface area (Å²) in [7, 11) is 0. The Hall–Kier alpha value is -0.830. The van der Waals surface area contributed by atoms with E-state index in [9.17, 15) is 9.90 Å². The van der Waals surface area contributed by atoms with Crippen molar-refractivity contribution in [1.82, 2.24) is 0 Å². The largest absolute Gasteiger partial charge is 0.462 e. The number of rotatable bonds is 6. The molecule has 188 valence electrons. The van der Waals surface area contributed by atoms with Gasteiger partial charge in [-0.2, -0.15) is 0 Å². The van der Waals surface area contributed by atoms with E-state index in [4.69, 9.17) is 4.74 Å². The van der Waals surface area contributed by atoms with Gasteiger partial charge in [-0.15, -0.1) is 0 Å². The Morgan fingerprint density at radius 1 is 1.12 bits per heavy atom. The van der Waals surface area contributed by atoms with Crippen molar-refractivity contribution >= 4 is 5.97 Å². The third-order valence-electron chi connectivity index (χ3n) is 11.4. The van der Waals surface area contributed by atoms with Gasteiger partial charge in [-0.25, -0.2) is 0 Å². The van der Waals surface area contributed by atoms with Crippen LogP contribution in [0.3, 0.4) is 0 Å². The number of esters is 1. The standard InChI is InChI=1S/C30H50O3/c1-18(2)19(3)8-9-20(4)25-12-13-26-24-11-10-22-16-23(32)14-15-29(22,6)27(24)17-28(30(25,26)7)33-21(5)31/h10,18-20,23-28,32H,8-9,11-17H2,1-7H3. The fraction of sp³-hybridized carbons (Fsp3) is 0.900. The summed E-state index contributed by atoms with van der Waals surface area (Å²) < 4.78 is 6.24. The van der Waals surface area contributed by atoms with Crippen LogP contribution < -0.4 is 0 Å². The molecule has 1 N–H and O–H groups in total. The van der Waals surface area contributed by atoms with Gasteiger partial charge in [0, 0.05) is 12.3 Å². The van der Waals surface area contributed by atoms with Gasteiger partial charge in [0.15, 0.2) is 0 Å². The SMILES string of the molecule is CC(=O)OC1CC2C(CC=C3CC(O)CCC32C)C2CCC(C(C)CCC(C)C(C)C)C12C.